The summed E-state index contributed by atoms with van der Waals surface area (Å²) in [5, 5.41) is 13.5. The van der Waals surface area contributed by atoms with Crippen LogP contribution in [0.5, 0.6) is 0 Å². The Morgan fingerprint density at radius 2 is 1.85 bits per heavy atom. The fourth-order valence-electron chi connectivity index (χ4n) is 0.743. The van der Waals surface area contributed by atoms with Crippen molar-refractivity contribution in [3.8, 4) is 0 Å². The van der Waals surface area contributed by atoms with Crippen molar-refractivity contribution in [2.75, 3.05) is 13.1 Å². The topological polar surface area (TPSA) is 78.4 Å². The molecule has 2 amide bonds. The summed E-state index contributed by atoms with van der Waals surface area (Å²) in [7, 11) is 0. The minimum Gasteiger partial charge on any atom is -0.481 e. The summed E-state index contributed by atoms with van der Waals surface area (Å²) in [6, 6.07) is -0.229. The first-order valence-corrected chi connectivity index (χ1v) is 4.40. The number of carbonyl (C=O) groups excluding carboxylic acids is 1. The lowest BCUT2D eigenvalue weighted by Crippen LogP contribution is -2.36. The van der Waals surface area contributed by atoms with Crippen LogP contribution in [0.2, 0.25) is 0 Å². The van der Waals surface area contributed by atoms with Crippen LogP contribution in [0.25, 0.3) is 0 Å². The van der Waals surface area contributed by atoms with E-state index in [2.05, 4.69) is 10.6 Å². The molecule has 0 aromatic heterocycles. The van der Waals surface area contributed by atoms with Crippen LogP contribution in [0.15, 0.2) is 0 Å². The van der Waals surface area contributed by atoms with E-state index in [9.17, 15) is 9.59 Å². The first kappa shape index (κ1) is 11.7. The van der Waals surface area contributed by atoms with Gasteiger partial charge in [-0.3, -0.25) is 4.79 Å². The second-order valence-electron chi connectivity index (χ2n) is 2.68. The molecule has 0 aromatic rings. The van der Waals surface area contributed by atoms with Crippen molar-refractivity contribution in [1.82, 2.24) is 10.6 Å². The number of aliphatic carboxylic acids is 1. The highest BCUT2D eigenvalue weighted by Crippen LogP contribution is 1.85. The quantitative estimate of drug-likeness (QED) is 0.533. The van der Waals surface area contributed by atoms with E-state index in [0.717, 1.165) is 6.42 Å². The minimum absolute atomic E-state index is 0.0913. The van der Waals surface area contributed by atoms with Crippen molar-refractivity contribution in [2.45, 2.75) is 26.2 Å². The largest absolute Gasteiger partial charge is 0.481 e. The van der Waals surface area contributed by atoms with E-state index in [0.29, 0.717) is 19.5 Å². The lowest BCUT2D eigenvalue weighted by Gasteiger charge is -2.04. The van der Waals surface area contributed by atoms with Crippen molar-refractivity contribution in [2.24, 2.45) is 0 Å². The summed E-state index contributed by atoms with van der Waals surface area (Å²) in [5.41, 5.74) is 0. The minimum atomic E-state index is -0.837. The first-order valence-electron chi connectivity index (χ1n) is 4.40. The van der Waals surface area contributed by atoms with Crippen molar-refractivity contribution in [3.63, 3.8) is 0 Å². The second-order valence-corrected chi connectivity index (χ2v) is 2.68. The van der Waals surface area contributed by atoms with Crippen molar-refractivity contribution >= 4 is 12.0 Å². The fourth-order valence-corrected chi connectivity index (χ4v) is 0.743. The van der Waals surface area contributed by atoms with Gasteiger partial charge in [-0.05, 0) is 12.8 Å². The molecule has 0 aliphatic rings. The summed E-state index contributed by atoms with van der Waals surface area (Å²) in [6.07, 6.45) is 1.45. The molecule has 5 nitrogen and oxygen atoms in total. The van der Waals surface area contributed by atoms with E-state index in [1.807, 2.05) is 6.92 Å². The Balaban J connectivity index is 3.22. The van der Waals surface area contributed by atoms with Gasteiger partial charge in [0.15, 0.2) is 0 Å². The molecule has 5 heteroatoms. The smallest absolute Gasteiger partial charge is 0.314 e. The number of hydrogen-bond donors (Lipinski definition) is 3. The van der Waals surface area contributed by atoms with Crippen LogP contribution in [-0.2, 0) is 4.79 Å². The zero-order chi connectivity index (χ0) is 10.1. The number of nitrogens with one attached hydrogen (secondary N) is 2. The van der Waals surface area contributed by atoms with Gasteiger partial charge in [0.25, 0.3) is 0 Å². The predicted molar refractivity (Wildman–Crippen MR) is 48.6 cm³/mol. The molecule has 0 radical (unpaired) electrons. The molecule has 3 N–H and O–H groups in total. The maximum atomic E-state index is 10.9. The van der Waals surface area contributed by atoms with Crippen LogP contribution in [0.3, 0.4) is 0 Å². The van der Waals surface area contributed by atoms with Crippen LogP contribution < -0.4 is 10.6 Å². The molecule has 0 fully saturated rings. The average Bonchev–Trinajstić information content (AvgIpc) is 2.08. The van der Waals surface area contributed by atoms with Gasteiger partial charge in [-0.1, -0.05) is 6.92 Å². The van der Waals surface area contributed by atoms with Gasteiger partial charge in [0, 0.05) is 19.5 Å². The monoisotopic (exact) mass is 188 g/mol. The Hall–Kier alpha value is -1.26. The molecular weight excluding hydrogens is 172 g/mol. The van der Waals surface area contributed by atoms with E-state index in [-0.39, 0.29) is 12.5 Å². The highest BCUT2D eigenvalue weighted by atomic mass is 16.4. The Bertz CT molecular complexity index is 171. The van der Waals surface area contributed by atoms with Crippen molar-refractivity contribution < 1.29 is 14.7 Å². The van der Waals surface area contributed by atoms with Crippen LogP contribution in [0, 0.1) is 0 Å². The first-order chi connectivity index (χ1) is 6.16. The Morgan fingerprint density at radius 3 is 2.38 bits per heavy atom. The summed E-state index contributed by atoms with van der Waals surface area (Å²) in [6.45, 7) is 3.01. The Morgan fingerprint density at radius 1 is 1.23 bits per heavy atom. The second kappa shape index (κ2) is 7.39. The molecule has 0 saturated carbocycles. The van der Waals surface area contributed by atoms with Crippen LogP contribution >= 0.6 is 0 Å². The zero-order valence-electron chi connectivity index (χ0n) is 7.80. The van der Waals surface area contributed by atoms with Gasteiger partial charge >= 0.3 is 12.0 Å². The molecule has 0 saturated heterocycles. The summed E-state index contributed by atoms with van der Waals surface area (Å²) in [5.74, 6) is -0.837. The molecule has 0 atom stereocenters. The van der Waals surface area contributed by atoms with Gasteiger partial charge < -0.3 is 15.7 Å². The van der Waals surface area contributed by atoms with Crippen LogP contribution in [-0.4, -0.2) is 30.2 Å². The normalized spacial score (nSPS) is 9.31. The molecule has 0 spiro atoms. The lowest BCUT2D eigenvalue weighted by atomic mass is 10.3. The third-order valence-corrected chi connectivity index (χ3v) is 1.39. The number of urea groups is 1. The predicted octanol–water partition coefficient (Wildman–Crippen LogP) is 0.560. The summed E-state index contributed by atoms with van der Waals surface area (Å²) >= 11 is 0. The Kier molecular flexibility index (Phi) is 6.68. The fraction of sp³-hybridized carbons (Fsp3) is 0.750. The van der Waals surface area contributed by atoms with E-state index in [4.69, 9.17) is 5.11 Å². The standard InChI is InChI=1S/C8H16N2O3/c1-2-5-9-8(13)10-6-3-4-7(11)12/h2-6H2,1H3,(H,11,12)(H2,9,10,13). The molecule has 0 unspecified atom stereocenters. The number of hydrogen-bond acceptors (Lipinski definition) is 2. The molecule has 0 aliphatic heterocycles. The van der Waals surface area contributed by atoms with E-state index >= 15 is 0 Å². The number of amides is 2. The molecule has 0 heterocycles. The van der Waals surface area contributed by atoms with Crippen molar-refractivity contribution in [3.05, 3.63) is 0 Å². The highest BCUT2D eigenvalue weighted by Gasteiger charge is 1.99. The number of carboxylic acids is 1. The third-order valence-electron chi connectivity index (χ3n) is 1.39. The zero-order valence-corrected chi connectivity index (χ0v) is 7.80. The third kappa shape index (κ3) is 8.65. The van der Waals surface area contributed by atoms with Crippen LogP contribution in [0.4, 0.5) is 4.79 Å². The molecule has 13 heavy (non-hydrogen) atoms. The molecule has 0 bridgehead atoms. The van der Waals surface area contributed by atoms with Crippen LogP contribution in [0.1, 0.15) is 26.2 Å². The molecular formula is C8H16N2O3. The molecule has 0 aliphatic carbocycles. The SMILES string of the molecule is CCCNC(=O)NCCCC(=O)O. The van der Waals surface area contributed by atoms with Gasteiger partial charge in [-0.25, -0.2) is 4.79 Å². The highest BCUT2D eigenvalue weighted by molar-refractivity contribution is 5.73. The van der Waals surface area contributed by atoms with E-state index in [1.54, 1.807) is 0 Å². The van der Waals surface area contributed by atoms with Crippen molar-refractivity contribution in [1.29, 1.82) is 0 Å². The Labute approximate surface area is 77.5 Å². The maximum absolute atomic E-state index is 10.9. The molecule has 0 rings (SSSR count). The maximum Gasteiger partial charge on any atom is 0.314 e. The number of carbonyl (C=O) groups is 2. The van der Waals surface area contributed by atoms with Gasteiger partial charge in [0.1, 0.15) is 0 Å². The number of rotatable bonds is 6. The van der Waals surface area contributed by atoms with Gasteiger partial charge in [-0.2, -0.15) is 0 Å². The molecule has 76 valence electrons. The van der Waals surface area contributed by atoms with Gasteiger partial charge in [-0.15, -0.1) is 0 Å². The summed E-state index contributed by atoms with van der Waals surface area (Å²) < 4.78 is 0. The van der Waals surface area contributed by atoms with Gasteiger partial charge in [0.2, 0.25) is 0 Å². The lowest BCUT2D eigenvalue weighted by molar-refractivity contribution is -0.137. The van der Waals surface area contributed by atoms with E-state index in [1.165, 1.54) is 0 Å². The number of carboxylic acid groups (broad SMARTS) is 1. The van der Waals surface area contributed by atoms with Gasteiger partial charge in [0.05, 0.1) is 0 Å². The molecule has 0 aromatic carbocycles. The van der Waals surface area contributed by atoms with E-state index < -0.39 is 5.97 Å². The average molecular weight is 188 g/mol. The summed E-state index contributed by atoms with van der Waals surface area (Å²) in [4.78, 5) is 21.0.